The van der Waals surface area contributed by atoms with Crippen molar-refractivity contribution >= 4 is 28.1 Å². The zero-order valence-corrected chi connectivity index (χ0v) is 16.2. The predicted octanol–water partition coefficient (Wildman–Crippen LogP) is 4.02. The summed E-state index contributed by atoms with van der Waals surface area (Å²) in [5.74, 6) is 0.227. The number of esters is 1. The molecule has 0 saturated carbocycles. The number of cyclic esters (lactones) is 1. The van der Waals surface area contributed by atoms with Crippen molar-refractivity contribution < 1.29 is 23.9 Å². The number of fused-ring (bicyclic) bond motifs is 1. The lowest BCUT2D eigenvalue weighted by Gasteiger charge is -2.13. The first-order valence-corrected chi connectivity index (χ1v) is 9.32. The minimum atomic E-state index is -0.735. The van der Waals surface area contributed by atoms with Crippen LogP contribution in [-0.4, -0.2) is 30.1 Å². The van der Waals surface area contributed by atoms with E-state index >= 15 is 0 Å². The fraction of sp³-hybridized carbons (Fsp3) is 0.158. The maximum atomic E-state index is 12.4. The van der Waals surface area contributed by atoms with E-state index < -0.39 is 17.1 Å². The van der Waals surface area contributed by atoms with Crippen molar-refractivity contribution in [1.29, 1.82) is 0 Å². The molecular weight excluding hydrogens is 398 g/mol. The Hall–Kier alpha value is -3.66. The van der Waals surface area contributed by atoms with Gasteiger partial charge in [-0.1, -0.05) is 12.1 Å². The average Bonchev–Trinajstić information content (AvgIpc) is 3.32. The van der Waals surface area contributed by atoms with Crippen molar-refractivity contribution in [2.24, 2.45) is 0 Å². The molecule has 0 unspecified atom stereocenters. The second-order valence-electron chi connectivity index (χ2n) is 6.04. The van der Waals surface area contributed by atoms with Crippen LogP contribution in [0.25, 0.3) is 11.3 Å². The lowest BCUT2D eigenvalue weighted by atomic mass is 10.1. The zero-order chi connectivity index (χ0) is 20.5. The molecule has 29 heavy (non-hydrogen) atoms. The molecule has 0 spiro atoms. The highest BCUT2D eigenvalue weighted by Crippen LogP contribution is 2.42. The summed E-state index contributed by atoms with van der Waals surface area (Å²) in [4.78, 5) is 27.3. The van der Waals surface area contributed by atoms with Gasteiger partial charge in [0.1, 0.15) is 5.56 Å². The van der Waals surface area contributed by atoms with Crippen molar-refractivity contribution in [1.82, 2.24) is 4.98 Å². The molecule has 0 aliphatic carbocycles. The minimum Gasteiger partial charge on any atom is -0.493 e. The van der Waals surface area contributed by atoms with Gasteiger partial charge >= 0.3 is 5.97 Å². The van der Waals surface area contributed by atoms with Crippen molar-refractivity contribution in [2.75, 3.05) is 19.5 Å². The van der Waals surface area contributed by atoms with Crippen LogP contribution in [0.3, 0.4) is 0 Å². The number of thiazole rings is 1. The van der Waals surface area contributed by atoms with Crippen LogP contribution < -0.4 is 14.8 Å². The topological polar surface area (TPSA) is 113 Å². The molecule has 1 aromatic heterocycles. The Morgan fingerprint density at radius 3 is 2.79 bits per heavy atom. The van der Waals surface area contributed by atoms with E-state index in [-0.39, 0.29) is 5.69 Å². The van der Waals surface area contributed by atoms with Crippen molar-refractivity contribution in [3.05, 3.63) is 63.0 Å². The van der Waals surface area contributed by atoms with Crippen LogP contribution in [-0.2, 0) is 4.74 Å². The molecule has 1 atom stereocenters. The van der Waals surface area contributed by atoms with E-state index in [0.717, 1.165) is 0 Å². The number of carbonyl (C=O) groups is 1. The molecule has 9 nitrogen and oxygen atoms in total. The summed E-state index contributed by atoms with van der Waals surface area (Å²) in [6.45, 7) is 0. The molecule has 1 aliphatic heterocycles. The third-order valence-electron chi connectivity index (χ3n) is 4.40. The highest BCUT2D eigenvalue weighted by molar-refractivity contribution is 7.14. The molecule has 1 aliphatic rings. The van der Waals surface area contributed by atoms with E-state index in [1.807, 2.05) is 0 Å². The first-order chi connectivity index (χ1) is 14.0. The Labute approximate surface area is 169 Å². The van der Waals surface area contributed by atoms with Gasteiger partial charge in [-0.05, 0) is 12.1 Å². The first-order valence-electron chi connectivity index (χ1n) is 8.44. The highest BCUT2D eigenvalue weighted by atomic mass is 32.1. The van der Waals surface area contributed by atoms with E-state index in [1.165, 1.54) is 37.7 Å². The van der Waals surface area contributed by atoms with Gasteiger partial charge in [-0.3, -0.25) is 10.1 Å². The monoisotopic (exact) mass is 413 g/mol. The number of nitrogens with zero attached hydrogens (tertiary/aromatic N) is 2. The number of aromatic nitrogens is 1. The van der Waals surface area contributed by atoms with Gasteiger partial charge in [0.2, 0.25) is 6.23 Å². The number of hydrogen-bond donors (Lipinski definition) is 1. The van der Waals surface area contributed by atoms with Gasteiger partial charge in [-0.2, -0.15) is 0 Å². The molecule has 10 heteroatoms. The molecule has 4 rings (SSSR count). The number of hydrogen-bond acceptors (Lipinski definition) is 9. The fourth-order valence-corrected chi connectivity index (χ4v) is 3.81. The van der Waals surface area contributed by atoms with Crippen LogP contribution in [0.1, 0.15) is 22.1 Å². The van der Waals surface area contributed by atoms with Crippen molar-refractivity contribution in [3.63, 3.8) is 0 Å². The summed E-state index contributed by atoms with van der Waals surface area (Å²) in [7, 11) is 2.95. The Bertz CT molecular complexity index is 1110. The summed E-state index contributed by atoms with van der Waals surface area (Å²) >= 11 is 1.30. The van der Waals surface area contributed by atoms with E-state index in [0.29, 0.717) is 39.0 Å². The van der Waals surface area contributed by atoms with E-state index in [9.17, 15) is 14.9 Å². The third-order valence-corrected chi connectivity index (χ3v) is 5.17. The van der Waals surface area contributed by atoms with Crippen LogP contribution in [0.5, 0.6) is 11.5 Å². The number of nitro groups is 1. The Morgan fingerprint density at radius 1 is 1.24 bits per heavy atom. The summed E-state index contributed by atoms with van der Waals surface area (Å²) < 4.78 is 16.0. The van der Waals surface area contributed by atoms with Crippen molar-refractivity contribution in [3.8, 4) is 22.8 Å². The number of ether oxygens (including phenoxy) is 3. The number of nitrogens with one attached hydrogen (secondary N) is 1. The molecule has 2 heterocycles. The normalized spacial score (nSPS) is 14.8. The predicted molar refractivity (Wildman–Crippen MR) is 106 cm³/mol. The molecule has 0 radical (unpaired) electrons. The van der Waals surface area contributed by atoms with Gasteiger partial charge in [0.05, 0.1) is 24.8 Å². The molecule has 0 amide bonds. The summed E-state index contributed by atoms with van der Waals surface area (Å²) in [5.41, 5.74) is 2.11. The van der Waals surface area contributed by atoms with Crippen molar-refractivity contribution in [2.45, 2.75) is 6.23 Å². The Kier molecular flexibility index (Phi) is 4.77. The van der Waals surface area contributed by atoms with E-state index in [2.05, 4.69) is 10.3 Å². The largest absolute Gasteiger partial charge is 0.493 e. The van der Waals surface area contributed by atoms with Gasteiger partial charge in [0.25, 0.3) is 5.69 Å². The van der Waals surface area contributed by atoms with Crippen LogP contribution in [0.15, 0.2) is 41.8 Å². The second-order valence-corrected chi connectivity index (χ2v) is 6.90. The smallest absolute Gasteiger partial charge is 0.344 e. The Morgan fingerprint density at radius 2 is 2.07 bits per heavy atom. The molecule has 2 aromatic carbocycles. The first kappa shape index (κ1) is 18.7. The molecular formula is C19H15N3O6S. The molecule has 0 fully saturated rings. The lowest BCUT2D eigenvalue weighted by Crippen LogP contribution is -2.10. The summed E-state index contributed by atoms with van der Waals surface area (Å²) in [6.07, 6.45) is -0.735. The van der Waals surface area contributed by atoms with Crippen LogP contribution in [0.2, 0.25) is 0 Å². The quantitative estimate of drug-likeness (QED) is 0.366. The third kappa shape index (κ3) is 3.34. The van der Waals surface area contributed by atoms with Crippen LogP contribution in [0, 0.1) is 10.1 Å². The Balaban J connectivity index is 1.61. The maximum Gasteiger partial charge on any atom is 0.344 e. The van der Waals surface area contributed by atoms with Crippen LogP contribution >= 0.6 is 11.3 Å². The standard InChI is InChI=1S/C19H15N3O6S/c1-26-14-7-6-12-15(16(14)27-2)18(23)28-17(12)21-19-20-13(9-29-19)10-4-3-5-11(8-10)22(24)25/h3-9,17H,1-2H3,(H,20,21)/t17-/m0/s1. The van der Waals surface area contributed by atoms with E-state index in [4.69, 9.17) is 14.2 Å². The number of benzene rings is 2. The van der Waals surface area contributed by atoms with Gasteiger partial charge in [0.15, 0.2) is 16.6 Å². The average molecular weight is 413 g/mol. The van der Waals surface area contributed by atoms with Gasteiger partial charge in [-0.15, -0.1) is 11.3 Å². The summed E-state index contributed by atoms with van der Waals surface area (Å²) in [5, 5.41) is 16.3. The number of non-ortho nitro benzene ring substituents is 1. The zero-order valence-electron chi connectivity index (χ0n) is 15.4. The molecule has 148 valence electrons. The van der Waals surface area contributed by atoms with Gasteiger partial charge < -0.3 is 19.5 Å². The number of rotatable bonds is 6. The maximum absolute atomic E-state index is 12.4. The van der Waals surface area contributed by atoms with E-state index in [1.54, 1.807) is 29.6 Å². The molecule has 1 N–H and O–H groups in total. The second kappa shape index (κ2) is 7.40. The van der Waals surface area contributed by atoms with Gasteiger partial charge in [0, 0.05) is 28.6 Å². The molecule has 3 aromatic rings. The van der Waals surface area contributed by atoms with Gasteiger partial charge in [-0.25, -0.2) is 9.78 Å². The number of methoxy groups -OCH3 is 2. The number of carbonyl (C=O) groups excluding carboxylic acids is 1. The highest BCUT2D eigenvalue weighted by Gasteiger charge is 2.36. The lowest BCUT2D eigenvalue weighted by molar-refractivity contribution is -0.384. The fourth-order valence-electron chi connectivity index (χ4n) is 3.07. The molecule has 0 saturated heterocycles. The minimum absolute atomic E-state index is 0.00954. The summed E-state index contributed by atoms with van der Waals surface area (Å²) in [6, 6.07) is 9.66. The SMILES string of the molecule is COc1ccc2c(c1OC)C(=O)O[C@@H]2Nc1nc(-c2cccc([N+](=O)[O-])c2)cs1. The molecule has 0 bridgehead atoms. The van der Waals surface area contributed by atoms with Crippen LogP contribution in [0.4, 0.5) is 10.8 Å². The number of nitro benzene ring substituents is 1. The number of anilines is 1.